The monoisotopic (exact) mass is 530 g/mol. The highest BCUT2D eigenvalue weighted by atomic mass is 16.5. The lowest BCUT2D eigenvalue weighted by Crippen LogP contribution is -2.61. The molecule has 9 atom stereocenters. The molecule has 212 valence electrons. The second kappa shape index (κ2) is 9.38. The molecule has 2 unspecified atom stereocenters. The van der Waals surface area contributed by atoms with Crippen molar-refractivity contribution in [3.8, 4) is 0 Å². The SMILES string of the molecule is COC(=O)C(C)CC(=O)C[C@@H](C)C1=C[C@H](O)[C@@]2(C)C3=C(C(=O)C[C@]12C)[C@@]1(C)CC[C@H](O)C(C)(C)C1C[C@@H]3O. The summed E-state index contributed by atoms with van der Waals surface area (Å²) < 4.78 is 4.75. The van der Waals surface area contributed by atoms with Gasteiger partial charge >= 0.3 is 5.97 Å². The predicted molar refractivity (Wildman–Crippen MR) is 143 cm³/mol. The normalized spacial score (nSPS) is 41.4. The number of hydrogen-bond acceptors (Lipinski definition) is 7. The van der Waals surface area contributed by atoms with Crippen molar-refractivity contribution < 1.29 is 34.4 Å². The van der Waals surface area contributed by atoms with Crippen LogP contribution in [0.5, 0.6) is 0 Å². The van der Waals surface area contributed by atoms with Gasteiger partial charge in [0.05, 0.1) is 31.3 Å². The summed E-state index contributed by atoms with van der Waals surface area (Å²) in [6, 6.07) is 0. The van der Waals surface area contributed by atoms with Crippen LogP contribution in [0.15, 0.2) is 22.8 Å². The van der Waals surface area contributed by atoms with Crippen LogP contribution in [0.3, 0.4) is 0 Å². The standard InChI is InChI=1S/C31H46O7/c1-16(11-18(32)12-17(2)27(37)38-8)19-13-24(36)31(7)26-20(33)14-22-28(3,4)23(35)9-10-29(22,5)25(26)21(34)15-30(19,31)6/h13,16-17,20,22-24,33,35-36H,9-12,14-15H2,1-8H3/t16-,17?,20+,22?,23+,24+,29+,30-,31+/m1/s1. The molecule has 0 aromatic rings. The summed E-state index contributed by atoms with van der Waals surface area (Å²) in [4.78, 5) is 38.8. The van der Waals surface area contributed by atoms with Crippen molar-refractivity contribution in [3.63, 3.8) is 0 Å². The minimum atomic E-state index is -0.913. The molecule has 7 heteroatoms. The Kier molecular flexibility index (Phi) is 7.20. The zero-order chi connectivity index (χ0) is 28.6. The molecule has 0 aromatic carbocycles. The van der Waals surface area contributed by atoms with Gasteiger partial charge in [-0.05, 0) is 47.5 Å². The molecule has 0 aromatic heterocycles. The third kappa shape index (κ3) is 3.90. The molecule has 1 fully saturated rings. The summed E-state index contributed by atoms with van der Waals surface area (Å²) in [6.45, 7) is 13.7. The first-order valence-corrected chi connectivity index (χ1v) is 14.1. The highest BCUT2D eigenvalue weighted by molar-refractivity contribution is 6.00. The van der Waals surface area contributed by atoms with Crippen LogP contribution in [0.1, 0.15) is 87.0 Å². The number of ketones is 2. The van der Waals surface area contributed by atoms with Crippen molar-refractivity contribution >= 4 is 17.5 Å². The van der Waals surface area contributed by atoms with Crippen LogP contribution in [-0.4, -0.2) is 58.3 Å². The molecule has 0 heterocycles. The van der Waals surface area contributed by atoms with Gasteiger partial charge in [0.25, 0.3) is 0 Å². The van der Waals surface area contributed by atoms with Gasteiger partial charge in [-0.1, -0.05) is 60.1 Å². The Balaban J connectivity index is 1.72. The summed E-state index contributed by atoms with van der Waals surface area (Å²) >= 11 is 0. The fourth-order valence-corrected chi connectivity index (χ4v) is 8.96. The summed E-state index contributed by atoms with van der Waals surface area (Å²) in [5, 5.41) is 34.1. The van der Waals surface area contributed by atoms with E-state index < -0.39 is 51.9 Å². The number of aliphatic hydroxyl groups is 3. The number of carbonyl (C=O) groups excluding carboxylic acids is 3. The molecule has 0 bridgehead atoms. The number of methoxy groups -OCH3 is 1. The molecule has 7 nitrogen and oxygen atoms in total. The van der Waals surface area contributed by atoms with Gasteiger partial charge in [-0.15, -0.1) is 0 Å². The molecule has 0 radical (unpaired) electrons. The van der Waals surface area contributed by atoms with Crippen molar-refractivity contribution in [1.82, 2.24) is 0 Å². The number of Topliss-reactive ketones (excluding diaryl/α,β-unsaturated/α-hetero) is 2. The van der Waals surface area contributed by atoms with E-state index in [2.05, 4.69) is 6.92 Å². The predicted octanol–water partition coefficient (Wildman–Crippen LogP) is 3.93. The second-order valence-corrected chi connectivity index (χ2v) is 13.9. The Hall–Kier alpha value is -1.83. The van der Waals surface area contributed by atoms with Crippen LogP contribution in [0, 0.1) is 39.4 Å². The van der Waals surface area contributed by atoms with Crippen molar-refractivity contribution in [2.75, 3.05) is 7.11 Å². The molecule has 4 aliphatic rings. The number of fused-ring (bicyclic) bond motifs is 4. The molecule has 0 saturated heterocycles. The van der Waals surface area contributed by atoms with Crippen molar-refractivity contribution in [2.24, 2.45) is 39.4 Å². The average molecular weight is 531 g/mol. The Morgan fingerprint density at radius 3 is 2.32 bits per heavy atom. The Bertz CT molecular complexity index is 1100. The molecule has 38 heavy (non-hydrogen) atoms. The maximum absolute atomic E-state index is 14.1. The highest BCUT2D eigenvalue weighted by Gasteiger charge is 2.68. The largest absolute Gasteiger partial charge is 0.469 e. The number of hydrogen-bond donors (Lipinski definition) is 3. The van der Waals surface area contributed by atoms with Gasteiger partial charge < -0.3 is 20.1 Å². The lowest BCUT2D eigenvalue weighted by molar-refractivity contribution is -0.146. The van der Waals surface area contributed by atoms with E-state index in [9.17, 15) is 29.7 Å². The summed E-state index contributed by atoms with van der Waals surface area (Å²) in [5.74, 6) is -1.33. The van der Waals surface area contributed by atoms with Crippen LogP contribution >= 0.6 is 0 Å². The van der Waals surface area contributed by atoms with E-state index in [-0.39, 0.29) is 42.7 Å². The molecule has 0 spiro atoms. The minimum Gasteiger partial charge on any atom is -0.469 e. The number of allylic oxidation sites excluding steroid dienone is 2. The van der Waals surface area contributed by atoms with Gasteiger partial charge in [-0.2, -0.15) is 0 Å². The minimum absolute atomic E-state index is 0.00347. The summed E-state index contributed by atoms with van der Waals surface area (Å²) in [5.41, 5.74) is -0.427. The van der Waals surface area contributed by atoms with E-state index in [1.54, 1.807) is 13.0 Å². The zero-order valence-corrected chi connectivity index (χ0v) is 24.3. The van der Waals surface area contributed by atoms with Gasteiger partial charge in [0.15, 0.2) is 5.78 Å². The maximum atomic E-state index is 14.1. The molecular formula is C31H46O7. The molecule has 0 amide bonds. The second-order valence-electron chi connectivity index (χ2n) is 13.9. The van der Waals surface area contributed by atoms with Gasteiger partial charge in [-0.25, -0.2) is 0 Å². The smallest absolute Gasteiger partial charge is 0.308 e. The number of carbonyl (C=O) groups is 3. The van der Waals surface area contributed by atoms with Gasteiger partial charge in [0.1, 0.15) is 5.78 Å². The van der Waals surface area contributed by atoms with Crippen molar-refractivity contribution in [2.45, 2.75) is 105 Å². The lowest BCUT2D eigenvalue weighted by Gasteiger charge is -2.62. The first-order chi connectivity index (χ1) is 17.5. The van der Waals surface area contributed by atoms with Crippen LogP contribution in [0.4, 0.5) is 0 Å². The van der Waals surface area contributed by atoms with Gasteiger partial charge in [0, 0.05) is 35.7 Å². The topological polar surface area (TPSA) is 121 Å². The van der Waals surface area contributed by atoms with Crippen LogP contribution in [-0.2, 0) is 19.1 Å². The zero-order valence-electron chi connectivity index (χ0n) is 24.3. The maximum Gasteiger partial charge on any atom is 0.308 e. The van der Waals surface area contributed by atoms with E-state index >= 15 is 0 Å². The van der Waals surface area contributed by atoms with E-state index in [0.29, 0.717) is 30.4 Å². The summed E-state index contributed by atoms with van der Waals surface area (Å²) in [7, 11) is 1.31. The van der Waals surface area contributed by atoms with E-state index in [1.165, 1.54) is 7.11 Å². The fraction of sp³-hybridized carbons (Fsp3) is 0.774. The number of aliphatic hydroxyl groups excluding tert-OH is 3. The van der Waals surface area contributed by atoms with Crippen LogP contribution in [0.2, 0.25) is 0 Å². The summed E-state index contributed by atoms with van der Waals surface area (Å²) in [6.07, 6.45) is 1.64. The number of rotatable bonds is 6. The Morgan fingerprint density at radius 2 is 1.71 bits per heavy atom. The van der Waals surface area contributed by atoms with E-state index in [4.69, 9.17) is 4.74 Å². The molecule has 4 aliphatic carbocycles. The Labute approximate surface area is 226 Å². The Morgan fingerprint density at radius 1 is 1.08 bits per heavy atom. The van der Waals surface area contributed by atoms with Gasteiger partial charge in [-0.3, -0.25) is 14.4 Å². The van der Waals surface area contributed by atoms with E-state index in [0.717, 1.165) is 5.57 Å². The highest BCUT2D eigenvalue weighted by Crippen LogP contribution is 2.70. The quantitative estimate of drug-likeness (QED) is 0.351. The fourth-order valence-electron chi connectivity index (χ4n) is 8.96. The van der Waals surface area contributed by atoms with Crippen molar-refractivity contribution in [3.05, 3.63) is 22.8 Å². The third-order valence-corrected chi connectivity index (χ3v) is 11.4. The molecular weight excluding hydrogens is 484 g/mol. The lowest BCUT2D eigenvalue weighted by atomic mass is 9.42. The molecule has 3 N–H and O–H groups in total. The molecule has 4 rings (SSSR count). The van der Waals surface area contributed by atoms with Gasteiger partial charge in [0.2, 0.25) is 0 Å². The number of ether oxygens (including phenoxy) is 1. The first-order valence-electron chi connectivity index (χ1n) is 14.1. The van der Waals surface area contributed by atoms with Crippen LogP contribution < -0.4 is 0 Å². The van der Waals surface area contributed by atoms with E-state index in [1.807, 2.05) is 34.6 Å². The molecule has 0 aliphatic heterocycles. The average Bonchev–Trinajstić information content (AvgIpc) is 3.03. The van der Waals surface area contributed by atoms with Crippen molar-refractivity contribution in [1.29, 1.82) is 0 Å². The first kappa shape index (κ1) is 29.2. The number of esters is 1. The third-order valence-electron chi connectivity index (χ3n) is 11.4. The molecule has 1 saturated carbocycles. The van der Waals surface area contributed by atoms with Crippen LogP contribution in [0.25, 0.3) is 0 Å².